The quantitative estimate of drug-likeness (QED) is 0.680. The predicted octanol–water partition coefficient (Wildman–Crippen LogP) is 3.91. The zero-order chi connectivity index (χ0) is 18.0. The number of anilines is 1. The summed E-state index contributed by atoms with van der Waals surface area (Å²) < 4.78 is 5.16. The minimum atomic E-state index is -0.331. The molecule has 0 radical (unpaired) electrons. The number of thiazole rings is 1. The van der Waals surface area contributed by atoms with Crippen LogP contribution in [-0.2, 0) is 0 Å². The molecule has 128 valence electrons. The molecule has 0 spiro atoms. The highest BCUT2D eigenvalue weighted by molar-refractivity contribution is 7.16. The molecule has 6 nitrogen and oxygen atoms in total. The molecule has 0 aliphatic carbocycles. The Labute approximate surface area is 148 Å². The van der Waals surface area contributed by atoms with Crippen molar-refractivity contribution >= 4 is 28.2 Å². The third-order valence-corrected chi connectivity index (χ3v) is 4.60. The molecule has 0 fully saturated rings. The van der Waals surface area contributed by atoms with Crippen LogP contribution in [0, 0.1) is 6.92 Å². The number of ether oxygens (including phenoxy) is 1. The summed E-state index contributed by atoms with van der Waals surface area (Å²) in [6.07, 6.45) is 1.52. The molecule has 2 N–H and O–H groups in total. The number of aryl methyl sites for hydroxylation is 1. The molecule has 7 heteroatoms. The number of aromatic nitrogens is 2. The monoisotopic (exact) mass is 355 g/mol. The Kier molecular flexibility index (Phi) is 4.67. The van der Waals surface area contributed by atoms with Gasteiger partial charge in [-0.25, -0.2) is 4.98 Å². The number of nitrogens with one attached hydrogen (secondary N) is 2. The van der Waals surface area contributed by atoms with Crippen molar-refractivity contribution in [2.45, 2.75) is 13.8 Å². The molecule has 0 bridgehead atoms. The van der Waals surface area contributed by atoms with Crippen LogP contribution in [0.3, 0.4) is 0 Å². The van der Waals surface area contributed by atoms with Gasteiger partial charge in [0.1, 0.15) is 11.4 Å². The molecular formula is C18H17N3O3S. The first-order valence-corrected chi connectivity index (χ1v) is 8.42. The van der Waals surface area contributed by atoms with Gasteiger partial charge in [-0.15, -0.1) is 11.3 Å². The van der Waals surface area contributed by atoms with Gasteiger partial charge in [-0.2, -0.15) is 0 Å². The first-order chi connectivity index (χ1) is 12.0. The van der Waals surface area contributed by atoms with E-state index in [0.717, 1.165) is 21.9 Å². The molecule has 0 saturated carbocycles. The Hall–Kier alpha value is -2.93. The van der Waals surface area contributed by atoms with Gasteiger partial charge in [-0.05, 0) is 44.2 Å². The van der Waals surface area contributed by atoms with Gasteiger partial charge in [0.15, 0.2) is 10.9 Å². The van der Waals surface area contributed by atoms with Gasteiger partial charge in [-0.1, -0.05) is 0 Å². The van der Waals surface area contributed by atoms with Crippen molar-refractivity contribution in [1.29, 1.82) is 0 Å². The Morgan fingerprint density at radius 2 is 1.96 bits per heavy atom. The molecule has 3 rings (SSSR count). The number of carbonyl (C=O) groups is 2. The fourth-order valence-corrected chi connectivity index (χ4v) is 3.19. The number of Topliss-reactive ketones (excluding diaryl/α,β-unsaturated/α-hetero) is 1. The van der Waals surface area contributed by atoms with E-state index in [0.29, 0.717) is 16.4 Å². The normalized spacial score (nSPS) is 10.5. The molecule has 1 amide bonds. The predicted molar refractivity (Wildman–Crippen MR) is 97.6 cm³/mol. The van der Waals surface area contributed by atoms with Crippen LogP contribution in [0.15, 0.2) is 36.5 Å². The topological polar surface area (TPSA) is 84.1 Å². The summed E-state index contributed by atoms with van der Waals surface area (Å²) in [5, 5.41) is 3.27. The number of H-pyrrole nitrogens is 1. The zero-order valence-corrected chi connectivity index (χ0v) is 14.9. The lowest BCUT2D eigenvalue weighted by molar-refractivity contribution is 0.101. The molecule has 0 unspecified atom stereocenters. The van der Waals surface area contributed by atoms with Crippen molar-refractivity contribution in [1.82, 2.24) is 9.97 Å². The molecule has 1 aromatic carbocycles. The number of rotatable bonds is 5. The van der Waals surface area contributed by atoms with Crippen molar-refractivity contribution in [2.24, 2.45) is 0 Å². The van der Waals surface area contributed by atoms with E-state index in [2.05, 4.69) is 15.3 Å². The van der Waals surface area contributed by atoms with Gasteiger partial charge in [0.25, 0.3) is 5.91 Å². The van der Waals surface area contributed by atoms with Gasteiger partial charge in [0, 0.05) is 22.2 Å². The third-order valence-electron chi connectivity index (χ3n) is 3.71. The standard InChI is InChI=1S/C18H17N3O3S/c1-10(22)13-8-15(19-9-13)17(23)21-18-20-16(11(2)25-18)12-4-6-14(24-3)7-5-12/h4-9,19H,1-3H3,(H,20,21,23). The number of aromatic amines is 1. The van der Waals surface area contributed by atoms with Crippen LogP contribution in [0.5, 0.6) is 5.75 Å². The second kappa shape index (κ2) is 6.90. The van der Waals surface area contributed by atoms with Crippen LogP contribution in [-0.4, -0.2) is 28.8 Å². The fraction of sp³-hybridized carbons (Fsp3) is 0.167. The number of hydrogen-bond donors (Lipinski definition) is 2. The first kappa shape index (κ1) is 16.9. The minimum absolute atomic E-state index is 0.0952. The first-order valence-electron chi connectivity index (χ1n) is 7.60. The highest BCUT2D eigenvalue weighted by Crippen LogP contribution is 2.31. The largest absolute Gasteiger partial charge is 0.497 e. The molecule has 0 saturated heterocycles. The lowest BCUT2D eigenvalue weighted by atomic mass is 10.1. The van der Waals surface area contributed by atoms with Gasteiger partial charge in [-0.3, -0.25) is 14.9 Å². The molecule has 0 aliphatic rings. The fourth-order valence-electron chi connectivity index (χ4n) is 2.36. The lowest BCUT2D eigenvalue weighted by Gasteiger charge is -2.02. The number of carbonyl (C=O) groups excluding carboxylic acids is 2. The lowest BCUT2D eigenvalue weighted by Crippen LogP contribution is -2.11. The zero-order valence-electron chi connectivity index (χ0n) is 14.0. The summed E-state index contributed by atoms with van der Waals surface area (Å²) in [5.74, 6) is 0.350. The van der Waals surface area contributed by atoms with Crippen LogP contribution >= 0.6 is 11.3 Å². The number of nitrogens with zero attached hydrogens (tertiary/aromatic N) is 1. The van der Waals surface area contributed by atoms with Crippen molar-refractivity contribution in [3.05, 3.63) is 52.7 Å². The van der Waals surface area contributed by atoms with Crippen LogP contribution in [0.25, 0.3) is 11.3 Å². The van der Waals surface area contributed by atoms with Crippen LogP contribution < -0.4 is 10.1 Å². The van der Waals surface area contributed by atoms with Gasteiger partial charge >= 0.3 is 0 Å². The molecule has 0 aliphatic heterocycles. The summed E-state index contributed by atoms with van der Waals surface area (Å²) in [5.41, 5.74) is 2.57. The molecule has 2 heterocycles. The summed E-state index contributed by atoms with van der Waals surface area (Å²) in [6.45, 7) is 3.41. The summed E-state index contributed by atoms with van der Waals surface area (Å²) in [6, 6.07) is 9.12. The summed E-state index contributed by atoms with van der Waals surface area (Å²) >= 11 is 1.40. The summed E-state index contributed by atoms with van der Waals surface area (Å²) in [4.78, 5) is 31.9. The third kappa shape index (κ3) is 3.61. The van der Waals surface area contributed by atoms with E-state index in [-0.39, 0.29) is 11.7 Å². The average Bonchev–Trinajstić information content (AvgIpc) is 3.22. The van der Waals surface area contributed by atoms with Crippen LogP contribution in [0.4, 0.5) is 5.13 Å². The highest BCUT2D eigenvalue weighted by Gasteiger charge is 2.15. The minimum Gasteiger partial charge on any atom is -0.497 e. The van der Waals surface area contributed by atoms with Crippen molar-refractivity contribution in [3.8, 4) is 17.0 Å². The Morgan fingerprint density at radius 3 is 2.56 bits per heavy atom. The highest BCUT2D eigenvalue weighted by atomic mass is 32.1. The van der Waals surface area contributed by atoms with Gasteiger partial charge in [0.05, 0.1) is 12.8 Å². The summed E-state index contributed by atoms with van der Waals surface area (Å²) in [7, 11) is 1.62. The number of methoxy groups -OCH3 is 1. The maximum Gasteiger partial charge on any atom is 0.273 e. The van der Waals surface area contributed by atoms with Crippen LogP contribution in [0.2, 0.25) is 0 Å². The SMILES string of the molecule is COc1ccc(-c2nc(NC(=O)c3cc(C(C)=O)c[nH]3)sc2C)cc1. The van der Waals surface area contributed by atoms with E-state index in [1.165, 1.54) is 30.5 Å². The molecule has 2 aromatic heterocycles. The van der Waals surface area contributed by atoms with Crippen molar-refractivity contribution in [2.75, 3.05) is 12.4 Å². The maximum atomic E-state index is 12.3. The number of hydrogen-bond acceptors (Lipinski definition) is 5. The molecular weight excluding hydrogens is 338 g/mol. The smallest absolute Gasteiger partial charge is 0.273 e. The van der Waals surface area contributed by atoms with Gasteiger partial charge < -0.3 is 9.72 Å². The van der Waals surface area contributed by atoms with Gasteiger partial charge in [0.2, 0.25) is 0 Å². The molecule has 3 aromatic rings. The second-order valence-corrected chi connectivity index (χ2v) is 6.67. The van der Waals surface area contributed by atoms with E-state index in [4.69, 9.17) is 4.74 Å². The van der Waals surface area contributed by atoms with E-state index >= 15 is 0 Å². The molecule has 25 heavy (non-hydrogen) atoms. The number of amides is 1. The van der Waals surface area contributed by atoms with Crippen molar-refractivity contribution < 1.29 is 14.3 Å². The van der Waals surface area contributed by atoms with E-state index in [1.807, 2.05) is 31.2 Å². The Bertz CT molecular complexity index is 925. The number of benzene rings is 1. The number of ketones is 1. The van der Waals surface area contributed by atoms with Crippen LogP contribution in [0.1, 0.15) is 32.6 Å². The Balaban J connectivity index is 1.79. The maximum absolute atomic E-state index is 12.3. The second-order valence-electron chi connectivity index (χ2n) is 5.46. The van der Waals surface area contributed by atoms with E-state index in [9.17, 15) is 9.59 Å². The Morgan fingerprint density at radius 1 is 1.24 bits per heavy atom. The average molecular weight is 355 g/mol. The molecule has 0 atom stereocenters. The van der Waals surface area contributed by atoms with E-state index in [1.54, 1.807) is 7.11 Å². The van der Waals surface area contributed by atoms with Crippen molar-refractivity contribution in [3.63, 3.8) is 0 Å². The van der Waals surface area contributed by atoms with E-state index < -0.39 is 0 Å².